The molecule has 0 N–H and O–H groups in total. The summed E-state index contributed by atoms with van der Waals surface area (Å²) in [5.74, 6) is 0. The van der Waals surface area contributed by atoms with Crippen LogP contribution in [0.4, 0.5) is 0 Å². The molecule has 0 saturated heterocycles. The van der Waals surface area contributed by atoms with E-state index in [0.29, 0.717) is 0 Å². The van der Waals surface area contributed by atoms with E-state index in [1.165, 1.54) is 0 Å². The fraction of sp³-hybridized carbons (Fsp3) is 1.00. The lowest BCUT2D eigenvalue weighted by atomic mass is 10.2. The predicted molar refractivity (Wildman–Crippen MR) is 40.1 cm³/mol. The Kier molecular flexibility index (Phi) is 3.71. The molecule has 4 nitrogen and oxygen atoms in total. The van der Waals surface area contributed by atoms with Crippen LogP contribution in [0.1, 0.15) is 27.7 Å². The Hall–Kier alpha value is 0.110. The molecule has 0 saturated carbocycles. The van der Waals surface area contributed by atoms with Crippen molar-refractivity contribution in [3.05, 3.63) is 0 Å². The van der Waals surface area contributed by atoms with Gasteiger partial charge in [0.15, 0.2) is 0 Å². The fourth-order valence-electron chi connectivity index (χ4n) is 0.520. The van der Waals surface area contributed by atoms with Crippen LogP contribution in [0, 0.1) is 0 Å². The number of phosphoric ester groups is 1. The van der Waals surface area contributed by atoms with Crippen LogP contribution in [0.5, 0.6) is 0 Å². The molecule has 0 aromatic heterocycles. The Morgan fingerprint density at radius 2 is 1.91 bits per heavy atom. The molecule has 68 valence electrons. The summed E-state index contributed by atoms with van der Waals surface area (Å²) in [7, 11) is -4.06. The van der Waals surface area contributed by atoms with Gasteiger partial charge in [0.1, 0.15) is 0 Å². The zero-order valence-electron chi connectivity index (χ0n) is 7.29. The lowest BCUT2D eigenvalue weighted by Crippen LogP contribution is -2.22. The Balaban J connectivity index is 4.03. The molecule has 1 unspecified atom stereocenters. The van der Waals surface area contributed by atoms with Crippen molar-refractivity contribution in [3.8, 4) is 0 Å². The van der Waals surface area contributed by atoms with Crippen molar-refractivity contribution in [1.82, 2.24) is 0 Å². The van der Waals surface area contributed by atoms with E-state index < -0.39 is 13.4 Å². The van der Waals surface area contributed by atoms with Crippen molar-refractivity contribution in [2.24, 2.45) is 0 Å². The third kappa shape index (κ3) is 6.51. The van der Waals surface area contributed by atoms with Gasteiger partial charge in [0.25, 0.3) is 7.82 Å². The van der Waals surface area contributed by atoms with E-state index in [2.05, 4.69) is 9.05 Å². The van der Waals surface area contributed by atoms with Crippen molar-refractivity contribution in [1.29, 1.82) is 0 Å². The molecule has 5 heteroatoms. The quantitative estimate of drug-likeness (QED) is 0.616. The average Bonchev–Trinajstić information content (AvgIpc) is 1.55. The first kappa shape index (κ1) is 11.1. The molecular weight excluding hydrogens is 167 g/mol. The van der Waals surface area contributed by atoms with E-state index in [1.54, 1.807) is 27.7 Å². The Morgan fingerprint density at radius 3 is 2.18 bits per heavy atom. The van der Waals surface area contributed by atoms with E-state index in [0.717, 1.165) is 0 Å². The van der Waals surface area contributed by atoms with Crippen LogP contribution < -0.4 is 4.89 Å². The predicted octanol–water partition coefficient (Wildman–Crippen LogP) is 1.31. The van der Waals surface area contributed by atoms with Gasteiger partial charge in [0.05, 0.1) is 12.2 Å². The molecule has 1 atom stereocenters. The molecule has 0 aliphatic carbocycles. The van der Waals surface area contributed by atoms with Crippen LogP contribution in [-0.4, -0.2) is 12.2 Å². The second-order valence-electron chi connectivity index (χ2n) is 3.07. The van der Waals surface area contributed by atoms with Crippen molar-refractivity contribution in [2.75, 3.05) is 6.61 Å². The van der Waals surface area contributed by atoms with Crippen molar-refractivity contribution in [2.45, 2.75) is 33.3 Å². The van der Waals surface area contributed by atoms with Crippen molar-refractivity contribution in [3.63, 3.8) is 0 Å². The lowest BCUT2D eigenvalue weighted by molar-refractivity contribution is -0.233. The van der Waals surface area contributed by atoms with Crippen LogP contribution in [0.15, 0.2) is 0 Å². The summed E-state index contributed by atoms with van der Waals surface area (Å²) in [6.07, 6.45) is 0. The first-order valence-electron chi connectivity index (χ1n) is 3.43. The number of hydrogen-bond acceptors (Lipinski definition) is 4. The molecule has 0 aliphatic rings. The summed E-state index contributed by atoms with van der Waals surface area (Å²) in [6, 6.07) is 0. The molecule has 0 radical (unpaired) electrons. The van der Waals surface area contributed by atoms with Gasteiger partial charge in [-0.1, -0.05) is 0 Å². The highest BCUT2D eigenvalue weighted by Gasteiger charge is 2.19. The Labute approximate surface area is 67.1 Å². The summed E-state index contributed by atoms with van der Waals surface area (Å²) in [5, 5.41) is 0. The molecule has 0 bridgehead atoms. The summed E-state index contributed by atoms with van der Waals surface area (Å²) in [6.45, 7) is 6.65. The van der Waals surface area contributed by atoms with Crippen molar-refractivity contribution >= 4 is 7.82 Å². The second kappa shape index (κ2) is 3.68. The third-order valence-corrected chi connectivity index (χ3v) is 2.02. The molecule has 0 spiro atoms. The first-order chi connectivity index (χ1) is 4.77. The minimum absolute atomic E-state index is 0.108. The van der Waals surface area contributed by atoms with Gasteiger partial charge in [0.2, 0.25) is 0 Å². The monoisotopic (exact) mass is 181 g/mol. The standard InChI is InChI=1S/C6H15O4P/c1-5-9-11(7,8)10-6(2,3)4/h5H2,1-4H3,(H,7,8)/p-1. The molecule has 0 rings (SSSR count). The first-order valence-corrected chi connectivity index (χ1v) is 4.89. The molecule has 0 amide bonds. The fourth-order valence-corrected chi connectivity index (χ4v) is 1.56. The second-order valence-corrected chi connectivity index (χ2v) is 4.40. The highest BCUT2D eigenvalue weighted by atomic mass is 31.2. The maximum Gasteiger partial charge on any atom is 0.268 e. The van der Waals surface area contributed by atoms with Crippen LogP contribution in [0.2, 0.25) is 0 Å². The molecule has 11 heavy (non-hydrogen) atoms. The molecular formula is C6H14O4P-. The third-order valence-electron chi connectivity index (χ3n) is 0.673. The average molecular weight is 181 g/mol. The van der Waals surface area contributed by atoms with Gasteiger partial charge in [-0.15, -0.1) is 0 Å². The lowest BCUT2D eigenvalue weighted by Gasteiger charge is -2.29. The topological polar surface area (TPSA) is 58.6 Å². The SMILES string of the molecule is CCOP(=O)([O-])OC(C)(C)C. The molecule has 0 aromatic rings. The smallest absolute Gasteiger partial charge is 0.268 e. The summed E-state index contributed by atoms with van der Waals surface area (Å²) in [5.41, 5.74) is -0.716. The Bertz CT molecular complexity index is 160. The normalized spacial score (nSPS) is 17.9. The van der Waals surface area contributed by atoms with Gasteiger partial charge >= 0.3 is 0 Å². The summed E-state index contributed by atoms with van der Waals surface area (Å²) in [4.78, 5) is 10.8. The maximum atomic E-state index is 10.8. The molecule has 0 aromatic carbocycles. The van der Waals surface area contributed by atoms with Crippen LogP contribution >= 0.6 is 7.82 Å². The Morgan fingerprint density at radius 1 is 1.45 bits per heavy atom. The van der Waals surface area contributed by atoms with Gasteiger partial charge in [-0.2, -0.15) is 0 Å². The highest BCUT2D eigenvalue weighted by Crippen LogP contribution is 2.42. The minimum Gasteiger partial charge on any atom is -0.756 e. The van der Waals surface area contributed by atoms with Crippen LogP contribution in [0.25, 0.3) is 0 Å². The molecule has 0 fully saturated rings. The molecule has 0 heterocycles. The van der Waals surface area contributed by atoms with E-state index in [9.17, 15) is 9.46 Å². The number of rotatable bonds is 3. The van der Waals surface area contributed by atoms with Gasteiger partial charge in [0, 0.05) is 0 Å². The maximum absolute atomic E-state index is 10.8. The minimum atomic E-state index is -4.06. The number of phosphoric acid groups is 1. The zero-order valence-corrected chi connectivity index (χ0v) is 8.18. The van der Waals surface area contributed by atoms with Gasteiger partial charge < -0.3 is 13.9 Å². The summed E-state index contributed by atoms with van der Waals surface area (Å²) >= 11 is 0. The number of hydrogen-bond donors (Lipinski definition) is 0. The zero-order chi connectivity index (χ0) is 9.12. The van der Waals surface area contributed by atoms with E-state index in [-0.39, 0.29) is 6.61 Å². The summed E-state index contributed by atoms with van der Waals surface area (Å²) < 4.78 is 19.9. The highest BCUT2D eigenvalue weighted by molar-refractivity contribution is 7.45. The van der Waals surface area contributed by atoms with Crippen LogP contribution in [0.3, 0.4) is 0 Å². The van der Waals surface area contributed by atoms with E-state index >= 15 is 0 Å². The van der Waals surface area contributed by atoms with Gasteiger partial charge in [-0.05, 0) is 27.7 Å². The van der Waals surface area contributed by atoms with Gasteiger partial charge in [-0.25, -0.2) is 0 Å². The van der Waals surface area contributed by atoms with Gasteiger partial charge in [-0.3, -0.25) is 4.57 Å². The van der Waals surface area contributed by atoms with E-state index in [4.69, 9.17) is 0 Å². The van der Waals surface area contributed by atoms with Crippen LogP contribution in [-0.2, 0) is 13.6 Å². The largest absolute Gasteiger partial charge is 0.756 e. The van der Waals surface area contributed by atoms with Crippen molar-refractivity contribution < 1.29 is 18.5 Å². The molecule has 0 aliphatic heterocycles. The van der Waals surface area contributed by atoms with E-state index in [1.807, 2.05) is 0 Å².